The minimum Gasteiger partial charge on any atom is -0.370 e. The van der Waals surface area contributed by atoms with Crippen LogP contribution in [0.25, 0.3) is 22.3 Å². The number of aliphatic hydroxyl groups is 1. The van der Waals surface area contributed by atoms with E-state index in [1.165, 1.54) is 16.7 Å². The minimum atomic E-state index is -1.44. The van der Waals surface area contributed by atoms with Crippen LogP contribution < -0.4 is 5.56 Å². The highest BCUT2D eigenvalue weighted by atomic mass is 19.1. The van der Waals surface area contributed by atoms with Crippen molar-refractivity contribution in [1.82, 2.24) is 9.55 Å². The van der Waals surface area contributed by atoms with Crippen molar-refractivity contribution in [2.24, 2.45) is 0 Å². The Balaban J connectivity index is 2.17. The maximum absolute atomic E-state index is 13.5. The molecule has 5 heteroatoms. The molecule has 0 spiro atoms. The lowest BCUT2D eigenvalue weighted by Gasteiger charge is -2.34. The van der Waals surface area contributed by atoms with Crippen molar-refractivity contribution in [2.75, 3.05) is 0 Å². The molecule has 0 fully saturated rings. The Kier molecular flexibility index (Phi) is 2.53. The average molecular weight is 296 g/mol. The lowest BCUT2D eigenvalue weighted by Crippen LogP contribution is -2.44. The predicted octanol–water partition coefficient (Wildman–Crippen LogP) is 2.42. The first kappa shape index (κ1) is 13.2. The normalized spacial score (nSPS) is 19.8. The summed E-state index contributed by atoms with van der Waals surface area (Å²) in [7, 11) is 0. The second kappa shape index (κ2) is 4.24. The molecule has 4 nitrogen and oxygen atoms in total. The van der Waals surface area contributed by atoms with Crippen molar-refractivity contribution >= 4 is 10.9 Å². The zero-order chi connectivity index (χ0) is 15.5. The Morgan fingerprint density at radius 2 is 2.05 bits per heavy atom. The van der Waals surface area contributed by atoms with Gasteiger partial charge >= 0.3 is 0 Å². The lowest BCUT2D eigenvalue weighted by atomic mass is 9.93. The van der Waals surface area contributed by atoms with Gasteiger partial charge in [0.05, 0.1) is 10.9 Å². The molecule has 1 aliphatic heterocycles. The van der Waals surface area contributed by atoms with E-state index in [0.717, 1.165) is 0 Å². The topological polar surface area (TPSA) is 55.1 Å². The third kappa shape index (κ3) is 1.72. The van der Waals surface area contributed by atoms with Crippen LogP contribution in [0.3, 0.4) is 0 Å². The first-order chi connectivity index (χ1) is 10.5. The Morgan fingerprint density at radius 1 is 1.27 bits per heavy atom. The standard InChI is InChI=1S/C17H13FN2O2/c1-17(22)9-10-8-11(18)6-7-12(10)15-19-14-5-3-2-4-13(14)16(21)20(15)17/h2-8,22H,9H2,1H3. The fourth-order valence-corrected chi connectivity index (χ4v) is 3.13. The van der Waals surface area contributed by atoms with Crippen LogP contribution in [0.5, 0.6) is 0 Å². The first-order valence-electron chi connectivity index (χ1n) is 7.01. The van der Waals surface area contributed by atoms with E-state index in [1.54, 1.807) is 37.3 Å². The highest BCUT2D eigenvalue weighted by Crippen LogP contribution is 2.35. The molecule has 0 aliphatic carbocycles. The fourth-order valence-electron chi connectivity index (χ4n) is 3.13. The van der Waals surface area contributed by atoms with Gasteiger partial charge in [-0.3, -0.25) is 9.36 Å². The van der Waals surface area contributed by atoms with Crippen molar-refractivity contribution in [2.45, 2.75) is 19.1 Å². The van der Waals surface area contributed by atoms with Crippen LogP contribution in [0, 0.1) is 5.82 Å². The lowest BCUT2D eigenvalue weighted by molar-refractivity contribution is -0.0225. The fraction of sp³-hybridized carbons (Fsp3) is 0.176. The number of benzene rings is 2. The Labute approximate surface area is 125 Å². The SMILES string of the molecule is CC1(O)Cc2cc(F)ccc2-c2nc3ccccc3c(=O)n21. The van der Waals surface area contributed by atoms with Gasteiger partial charge < -0.3 is 5.11 Å². The zero-order valence-corrected chi connectivity index (χ0v) is 11.9. The number of hydrogen-bond donors (Lipinski definition) is 1. The highest BCUT2D eigenvalue weighted by molar-refractivity contribution is 5.80. The second-order valence-corrected chi connectivity index (χ2v) is 5.79. The van der Waals surface area contributed by atoms with Crippen LogP contribution in [0.1, 0.15) is 12.5 Å². The van der Waals surface area contributed by atoms with Crippen molar-refractivity contribution in [3.05, 3.63) is 64.2 Å². The molecule has 2 aromatic carbocycles. The predicted molar refractivity (Wildman–Crippen MR) is 81.0 cm³/mol. The third-order valence-electron chi connectivity index (χ3n) is 4.09. The molecule has 0 radical (unpaired) electrons. The van der Waals surface area contributed by atoms with Crippen LogP contribution in [-0.4, -0.2) is 14.7 Å². The Morgan fingerprint density at radius 3 is 2.86 bits per heavy atom. The van der Waals surface area contributed by atoms with Gasteiger partial charge in [0.15, 0.2) is 0 Å². The van der Waals surface area contributed by atoms with Crippen LogP contribution in [0.4, 0.5) is 4.39 Å². The van der Waals surface area contributed by atoms with E-state index in [2.05, 4.69) is 4.98 Å². The van der Waals surface area contributed by atoms with E-state index in [4.69, 9.17) is 0 Å². The molecule has 22 heavy (non-hydrogen) atoms. The summed E-state index contributed by atoms with van der Waals surface area (Å²) in [4.78, 5) is 17.3. The largest absolute Gasteiger partial charge is 0.370 e. The summed E-state index contributed by atoms with van der Waals surface area (Å²) in [5.41, 5.74) is 0.153. The van der Waals surface area contributed by atoms with Crippen molar-refractivity contribution in [3.8, 4) is 11.4 Å². The molecule has 4 rings (SSSR count). The number of nitrogens with zero attached hydrogens (tertiary/aromatic N) is 2. The molecule has 1 N–H and O–H groups in total. The van der Waals surface area contributed by atoms with Gasteiger partial charge in [-0.2, -0.15) is 0 Å². The summed E-state index contributed by atoms with van der Waals surface area (Å²) < 4.78 is 14.8. The third-order valence-corrected chi connectivity index (χ3v) is 4.09. The van der Waals surface area contributed by atoms with E-state index >= 15 is 0 Å². The van der Waals surface area contributed by atoms with Crippen molar-refractivity contribution in [3.63, 3.8) is 0 Å². The maximum Gasteiger partial charge on any atom is 0.264 e. The second-order valence-electron chi connectivity index (χ2n) is 5.79. The molecule has 1 atom stereocenters. The van der Waals surface area contributed by atoms with Crippen LogP contribution in [0.2, 0.25) is 0 Å². The van der Waals surface area contributed by atoms with Gasteiger partial charge in [0.25, 0.3) is 5.56 Å². The highest BCUT2D eigenvalue weighted by Gasteiger charge is 2.35. The molecule has 0 bridgehead atoms. The van der Waals surface area contributed by atoms with Gasteiger partial charge in [-0.25, -0.2) is 9.37 Å². The van der Waals surface area contributed by atoms with Crippen LogP contribution in [0.15, 0.2) is 47.3 Å². The number of fused-ring (bicyclic) bond motifs is 4. The van der Waals surface area contributed by atoms with Gasteiger partial charge in [-0.15, -0.1) is 0 Å². The molecule has 3 aromatic rings. The van der Waals surface area contributed by atoms with Gasteiger partial charge in [-0.1, -0.05) is 12.1 Å². The van der Waals surface area contributed by atoms with Gasteiger partial charge in [0, 0.05) is 12.0 Å². The molecular weight excluding hydrogens is 283 g/mol. The molecule has 0 saturated carbocycles. The van der Waals surface area contributed by atoms with E-state index < -0.39 is 5.72 Å². The molecule has 1 aliphatic rings. The van der Waals surface area contributed by atoms with Crippen molar-refractivity contribution in [1.29, 1.82) is 0 Å². The van der Waals surface area contributed by atoms with Gasteiger partial charge in [-0.05, 0) is 42.8 Å². The summed E-state index contributed by atoms with van der Waals surface area (Å²) in [6, 6.07) is 11.3. The van der Waals surface area contributed by atoms with Crippen LogP contribution >= 0.6 is 0 Å². The number of rotatable bonds is 0. The monoisotopic (exact) mass is 296 g/mol. The van der Waals surface area contributed by atoms with E-state index in [0.29, 0.717) is 27.9 Å². The number of halogens is 1. The minimum absolute atomic E-state index is 0.160. The summed E-state index contributed by atoms with van der Waals surface area (Å²) in [6.45, 7) is 1.54. The van der Waals surface area contributed by atoms with E-state index in [1.807, 2.05) is 0 Å². The first-order valence-corrected chi connectivity index (χ1v) is 7.01. The molecule has 1 aromatic heterocycles. The summed E-state index contributed by atoms with van der Waals surface area (Å²) in [5, 5.41) is 11.2. The molecule has 2 heterocycles. The molecule has 0 saturated heterocycles. The number of aromatic nitrogens is 2. The van der Waals surface area contributed by atoms with Crippen molar-refractivity contribution < 1.29 is 9.50 Å². The Bertz CT molecular complexity index is 976. The number of para-hydroxylation sites is 1. The van der Waals surface area contributed by atoms with E-state index in [9.17, 15) is 14.3 Å². The average Bonchev–Trinajstić information content (AvgIpc) is 2.46. The maximum atomic E-state index is 13.5. The Hall–Kier alpha value is -2.53. The zero-order valence-electron chi connectivity index (χ0n) is 11.9. The summed E-state index contributed by atoms with van der Waals surface area (Å²) in [6.07, 6.45) is 0.160. The van der Waals surface area contributed by atoms with Gasteiger partial charge in [0.2, 0.25) is 0 Å². The molecule has 0 amide bonds. The molecule has 110 valence electrons. The quantitative estimate of drug-likeness (QED) is 0.693. The molecule has 1 unspecified atom stereocenters. The van der Waals surface area contributed by atoms with Crippen LogP contribution in [-0.2, 0) is 12.1 Å². The molecular formula is C17H13FN2O2. The van der Waals surface area contributed by atoms with Gasteiger partial charge in [0.1, 0.15) is 17.4 Å². The van der Waals surface area contributed by atoms with E-state index in [-0.39, 0.29) is 17.8 Å². The number of hydrogen-bond acceptors (Lipinski definition) is 3. The smallest absolute Gasteiger partial charge is 0.264 e. The summed E-state index contributed by atoms with van der Waals surface area (Å²) >= 11 is 0. The summed E-state index contributed by atoms with van der Waals surface area (Å²) in [5.74, 6) is 0.00101.